The van der Waals surface area contributed by atoms with Crippen LogP contribution >= 0.6 is 0 Å². The second-order valence-electron chi connectivity index (χ2n) is 4.27. The second kappa shape index (κ2) is 5.57. The van der Waals surface area contributed by atoms with Gasteiger partial charge in [0.15, 0.2) is 0 Å². The Balaban J connectivity index is 2.54. The molecule has 2 aromatic carbocycles. The predicted octanol–water partition coefficient (Wildman–Crippen LogP) is 3.34. The van der Waals surface area contributed by atoms with E-state index in [2.05, 4.69) is 17.7 Å². The summed E-state index contributed by atoms with van der Waals surface area (Å²) in [6.45, 7) is 2.05. The van der Waals surface area contributed by atoms with Crippen LogP contribution in [-0.4, -0.2) is 20.2 Å². The zero-order chi connectivity index (χ0) is 13.8. The van der Waals surface area contributed by atoms with Crippen LogP contribution in [0, 0.1) is 6.92 Å². The van der Waals surface area contributed by atoms with E-state index in [1.807, 2.05) is 24.3 Å². The van der Waals surface area contributed by atoms with E-state index in [4.69, 9.17) is 4.74 Å². The van der Waals surface area contributed by atoms with Crippen LogP contribution in [0.1, 0.15) is 11.1 Å². The number of ether oxygens (including phenoxy) is 2. The molecular weight excluding hydrogens is 240 g/mol. The zero-order valence-electron chi connectivity index (χ0n) is 11.3. The van der Waals surface area contributed by atoms with Gasteiger partial charge >= 0.3 is 5.97 Å². The Morgan fingerprint density at radius 3 is 2.63 bits per heavy atom. The number of hydrogen-bond acceptors (Lipinski definition) is 3. The maximum atomic E-state index is 11.1. The van der Waals surface area contributed by atoms with E-state index in [0.29, 0.717) is 0 Å². The van der Waals surface area contributed by atoms with Crippen LogP contribution < -0.4 is 4.74 Å². The van der Waals surface area contributed by atoms with Gasteiger partial charge in [-0.15, -0.1) is 0 Å². The average molecular weight is 256 g/mol. The summed E-state index contributed by atoms with van der Waals surface area (Å²) in [6.07, 6.45) is 3.09. The van der Waals surface area contributed by atoms with E-state index < -0.39 is 0 Å². The molecule has 19 heavy (non-hydrogen) atoms. The van der Waals surface area contributed by atoms with Crippen LogP contribution in [0.4, 0.5) is 0 Å². The van der Waals surface area contributed by atoms with Crippen molar-refractivity contribution in [2.45, 2.75) is 6.92 Å². The number of rotatable bonds is 3. The van der Waals surface area contributed by atoms with Gasteiger partial charge in [-0.2, -0.15) is 0 Å². The minimum Gasteiger partial charge on any atom is -0.495 e. The Morgan fingerprint density at radius 2 is 1.95 bits per heavy atom. The Bertz CT molecular complexity index is 642. The molecule has 0 aromatic heterocycles. The normalized spacial score (nSPS) is 10.9. The van der Waals surface area contributed by atoms with Gasteiger partial charge in [0.2, 0.25) is 0 Å². The van der Waals surface area contributed by atoms with E-state index in [1.165, 1.54) is 18.7 Å². The summed E-state index contributed by atoms with van der Waals surface area (Å²) in [5.74, 6) is 0.378. The summed E-state index contributed by atoms with van der Waals surface area (Å²) in [5, 5.41) is 2.15. The first kappa shape index (κ1) is 13.1. The molecule has 0 unspecified atom stereocenters. The number of fused-ring (bicyclic) bond motifs is 1. The highest BCUT2D eigenvalue weighted by Gasteiger charge is 2.06. The van der Waals surface area contributed by atoms with Crippen molar-refractivity contribution >= 4 is 22.8 Å². The molecule has 0 aliphatic carbocycles. The molecule has 2 aromatic rings. The van der Waals surface area contributed by atoms with Gasteiger partial charge in [-0.05, 0) is 18.4 Å². The molecule has 0 fully saturated rings. The van der Waals surface area contributed by atoms with Crippen LogP contribution in [0.25, 0.3) is 16.8 Å². The fraction of sp³-hybridized carbons (Fsp3) is 0.188. The summed E-state index contributed by atoms with van der Waals surface area (Å²) in [4.78, 5) is 11.1. The van der Waals surface area contributed by atoms with Gasteiger partial charge in [-0.1, -0.05) is 35.9 Å². The SMILES string of the molecule is COC(=O)C=Cc1ccc2cc(C)ccc2c1OC. The first-order chi connectivity index (χ1) is 9.15. The molecule has 98 valence electrons. The fourth-order valence-electron chi connectivity index (χ4n) is 2.02. The molecule has 0 aliphatic heterocycles. The lowest BCUT2D eigenvalue weighted by molar-refractivity contribution is -0.134. The maximum Gasteiger partial charge on any atom is 0.330 e. The van der Waals surface area contributed by atoms with Gasteiger partial charge in [-0.25, -0.2) is 4.79 Å². The van der Waals surface area contributed by atoms with Crippen molar-refractivity contribution in [3.05, 3.63) is 47.5 Å². The smallest absolute Gasteiger partial charge is 0.330 e. The quantitative estimate of drug-likeness (QED) is 0.624. The monoisotopic (exact) mass is 256 g/mol. The van der Waals surface area contributed by atoms with Crippen LogP contribution in [-0.2, 0) is 9.53 Å². The van der Waals surface area contributed by atoms with Crippen LogP contribution in [0.3, 0.4) is 0 Å². The molecule has 0 saturated carbocycles. The Kier molecular flexibility index (Phi) is 3.85. The third-order valence-corrected chi connectivity index (χ3v) is 2.96. The van der Waals surface area contributed by atoms with E-state index in [1.54, 1.807) is 13.2 Å². The van der Waals surface area contributed by atoms with Crippen molar-refractivity contribution in [1.29, 1.82) is 0 Å². The van der Waals surface area contributed by atoms with Crippen molar-refractivity contribution in [3.63, 3.8) is 0 Å². The third kappa shape index (κ3) is 2.76. The molecular formula is C16H16O3. The minimum atomic E-state index is -0.383. The van der Waals surface area contributed by atoms with Gasteiger partial charge in [0.25, 0.3) is 0 Å². The van der Waals surface area contributed by atoms with E-state index in [9.17, 15) is 4.79 Å². The summed E-state index contributed by atoms with van der Waals surface area (Å²) in [6, 6.07) is 10.1. The largest absolute Gasteiger partial charge is 0.495 e. The highest BCUT2D eigenvalue weighted by molar-refractivity contribution is 5.94. The number of esters is 1. The molecule has 0 N–H and O–H groups in total. The van der Waals surface area contributed by atoms with Crippen molar-refractivity contribution in [2.75, 3.05) is 14.2 Å². The second-order valence-corrected chi connectivity index (χ2v) is 4.27. The Labute approximate surface area is 112 Å². The van der Waals surface area contributed by atoms with Crippen molar-refractivity contribution in [2.24, 2.45) is 0 Å². The van der Waals surface area contributed by atoms with Gasteiger partial charge in [0.05, 0.1) is 14.2 Å². The highest BCUT2D eigenvalue weighted by atomic mass is 16.5. The molecule has 3 heteroatoms. The van der Waals surface area contributed by atoms with Crippen molar-refractivity contribution in [1.82, 2.24) is 0 Å². The van der Waals surface area contributed by atoms with Gasteiger partial charge < -0.3 is 9.47 Å². The van der Waals surface area contributed by atoms with E-state index in [0.717, 1.165) is 22.1 Å². The molecule has 0 amide bonds. The third-order valence-electron chi connectivity index (χ3n) is 2.96. The molecule has 2 rings (SSSR count). The van der Waals surface area contributed by atoms with E-state index in [-0.39, 0.29) is 5.97 Å². The molecule has 0 bridgehead atoms. The molecule has 0 spiro atoms. The van der Waals surface area contributed by atoms with E-state index >= 15 is 0 Å². The Morgan fingerprint density at radius 1 is 1.16 bits per heavy atom. The van der Waals surface area contributed by atoms with Crippen LogP contribution in [0.2, 0.25) is 0 Å². The fourth-order valence-corrected chi connectivity index (χ4v) is 2.02. The molecule has 0 aliphatic rings. The number of methoxy groups -OCH3 is 2. The summed E-state index contributed by atoms with van der Waals surface area (Å²) in [5.41, 5.74) is 2.05. The van der Waals surface area contributed by atoms with Crippen LogP contribution in [0.5, 0.6) is 5.75 Å². The number of hydrogen-bond donors (Lipinski definition) is 0. The zero-order valence-corrected chi connectivity index (χ0v) is 11.3. The summed E-state index contributed by atoms with van der Waals surface area (Å²) >= 11 is 0. The topological polar surface area (TPSA) is 35.5 Å². The number of benzene rings is 2. The van der Waals surface area contributed by atoms with Crippen LogP contribution in [0.15, 0.2) is 36.4 Å². The van der Waals surface area contributed by atoms with Gasteiger partial charge in [0, 0.05) is 17.0 Å². The first-order valence-electron chi connectivity index (χ1n) is 5.99. The predicted molar refractivity (Wildman–Crippen MR) is 76.3 cm³/mol. The first-order valence-corrected chi connectivity index (χ1v) is 5.99. The lowest BCUT2D eigenvalue weighted by Gasteiger charge is -2.09. The molecule has 0 atom stereocenters. The molecule has 3 nitrogen and oxygen atoms in total. The number of carbonyl (C=O) groups excluding carboxylic acids is 1. The number of aryl methyl sites for hydroxylation is 1. The van der Waals surface area contributed by atoms with Gasteiger partial charge in [0.1, 0.15) is 5.75 Å². The van der Waals surface area contributed by atoms with Gasteiger partial charge in [-0.3, -0.25) is 0 Å². The highest BCUT2D eigenvalue weighted by Crippen LogP contribution is 2.31. The Hall–Kier alpha value is -2.29. The van der Waals surface area contributed by atoms with Crippen molar-refractivity contribution < 1.29 is 14.3 Å². The lowest BCUT2D eigenvalue weighted by atomic mass is 10.0. The standard InChI is InChI=1S/C16H16O3/c1-11-4-8-14-13(10-11)6-5-12(16(14)19-3)7-9-15(17)18-2/h4-10H,1-3H3. The summed E-state index contributed by atoms with van der Waals surface area (Å²) < 4.78 is 10.0. The summed E-state index contributed by atoms with van der Waals surface area (Å²) in [7, 11) is 2.98. The molecule has 0 radical (unpaired) electrons. The molecule has 0 heterocycles. The molecule has 0 saturated heterocycles. The maximum absolute atomic E-state index is 11.1. The average Bonchev–Trinajstić information content (AvgIpc) is 2.43. The number of carbonyl (C=O) groups is 1. The lowest BCUT2D eigenvalue weighted by Crippen LogP contribution is -1.94. The van der Waals surface area contributed by atoms with Crippen molar-refractivity contribution in [3.8, 4) is 5.75 Å². The minimum absolute atomic E-state index is 0.383.